The van der Waals surface area contributed by atoms with Gasteiger partial charge in [0.05, 0.1) is 6.10 Å². The number of aliphatic hydroxyl groups excluding tert-OH is 1. The van der Waals surface area contributed by atoms with Gasteiger partial charge in [0.2, 0.25) is 0 Å². The lowest BCUT2D eigenvalue weighted by Gasteiger charge is -2.24. The van der Waals surface area contributed by atoms with Gasteiger partial charge in [0.1, 0.15) is 12.0 Å². The predicted molar refractivity (Wildman–Crippen MR) is 52.2 cm³/mol. The molecule has 14 heavy (non-hydrogen) atoms. The SMILES string of the molecule is CC1=C(CC(C)O)C=C(F)C(C)C1F. The highest BCUT2D eigenvalue weighted by molar-refractivity contribution is 5.35. The summed E-state index contributed by atoms with van der Waals surface area (Å²) in [7, 11) is 0. The van der Waals surface area contributed by atoms with Crippen LogP contribution in [0.5, 0.6) is 0 Å². The summed E-state index contributed by atoms with van der Waals surface area (Å²) in [6.45, 7) is 4.79. The van der Waals surface area contributed by atoms with Crippen LogP contribution in [0.2, 0.25) is 0 Å². The molecule has 0 radical (unpaired) electrons. The van der Waals surface area contributed by atoms with Crippen molar-refractivity contribution in [2.24, 2.45) is 5.92 Å². The van der Waals surface area contributed by atoms with Crippen molar-refractivity contribution in [1.29, 1.82) is 0 Å². The molecule has 80 valence electrons. The minimum absolute atomic E-state index is 0.312. The number of halogens is 2. The summed E-state index contributed by atoms with van der Waals surface area (Å²) in [5, 5.41) is 9.15. The van der Waals surface area contributed by atoms with Crippen LogP contribution in [0, 0.1) is 5.92 Å². The first-order chi connectivity index (χ1) is 6.43. The maximum absolute atomic E-state index is 13.5. The Balaban J connectivity index is 2.93. The fraction of sp³-hybridized carbons (Fsp3) is 0.636. The van der Waals surface area contributed by atoms with E-state index in [0.717, 1.165) is 0 Å². The van der Waals surface area contributed by atoms with E-state index in [4.69, 9.17) is 5.11 Å². The predicted octanol–water partition coefficient (Wildman–Crippen LogP) is 2.92. The van der Waals surface area contributed by atoms with Crippen molar-refractivity contribution in [2.75, 3.05) is 0 Å². The van der Waals surface area contributed by atoms with E-state index in [2.05, 4.69) is 0 Å². The first-order valence-corrected chi connectivity index (χ1v) is 4.82. The first-order valence-electron chi connectivity index (χ1n) is 4.82. The molecule has 0 aromatic heterocycles. The van der Waals surface area contributed by atoms with Crippen molar-refractivity contribution in [3.05, 3.63) is 23.0 Å². The van der Waals surface area contributed by atoms with E-state index < -0.39 is 24.0 Å². The minimum atomic E-state index is -1.26. The molecule has 0 saturated carbocycles. The van der Waals surface area contributed by atoms with Crippen molar-refractivity contribution < 1.29 is 13.9 Å². The Morgan fingerprint density at radius 2 is 2.14 bits per heavy atom. The maximum Gasteiger partial charge on any atom is 0.130 e. The standard InChI is InChI=1S/C11H16F2O/c1-6(14)4-9-5-10(12)8(3)11(13)7(9)2/h5-6,8,11,14H,4H2,1-3H3. The van der Waals surface area contributed by atoms with Crippen LogP contribution in [-0.4, -0.2) is 17.4 Å². The molecule has 0 amide bonds. The van der Waals surface area contributed by atoms with Gasteiger partial charge in [-0.1, -0.05) is 6.92 Å². The molecule has 0 aromatic carbocycles. The minimum Gasteiger partial charge on any atom is -0.393 e. The lowest BCUT2D eigenvalue weighted by Crippen LogP contribution is -2.21. The third-order valence-corrected chi connectivity index (χ3v) is 2.62. The van der Waals surface area contributed by atoms with Crippen LogP contribution in [0.25, 0.3) is 0 Å². The highest BCUT2D eigenvalue weighted by atomic mass is 19.1. The molecule has 3 unspecified atom stereocenters. The molecule has 3 heteroatoms. The molecule has 0 aromatic rings. The lowest BCUT2D eigenvalue weighted by atomic mass is 9.87. The largest absolute Gasteiger partial charge is 0.393 e. The number of alkyl halides is 1. The number of rotatable bonds is 2. The molecule has 1 aliphatic rings. The number of aliphatic hydroxyl groups is 1. The Morgan fingerprint density at radius 1 is 1.57 bits per heavy atom. The van der Waals surface area contributed by atoms with E-state index in [1.54, 1.807) is 13.8 Å². The fourth-order valence-corrected chi connectivity index (χ4v) is 1.64. The maximum atomic E-state index is 13.5. The van der Waals surface area contributed by atoms with Crippen LogP contribution in [0.4, 0.5) is 8.78 Å². The summed E-state index contributed by atoms with van der Waals surface area (Å²) in [5.41, 5.74) is 1.13. The summed E-state index contributed by atoms with van der Waals surface area (Å²) < 4.78 is 26.7. The van der Waals surface area contributed by atoms with Gasteiger partial charge in [-0.05, 0) is 37.5 Å². The highest BCUT2D eigenvalue weighted by Gasteiger charge is 2.28. The Labute approximate surface area is 83.1 Å². The second kappa shape index (κ2) is 4.22. The Bertz CT molecular complexity index is 279. The monoisotopic (exact) mass is 202 g/mol. The average Bonchev–Trinajstić information content (AvgIpc) is 2.10. The van der Waals surface area contributed by atoms with Crippen molar-refractivity contribution >= 4 is 0 Å². The molecular formula is C11H16F2O. The van der Waals surface area contributed by atoms with Crippen molar-refractivity contribution in [3.8, 4) is 0 Å². The van der Waals surface area contributed by atoms with Crippen LogP contribution in [0.1, 0.15) is 27.2 Å². The molecule has 0 spiro atoms. The third-order valence-electron chi connectivity index (χ3n) is 2.62. The van der Waals surface area contributed by atoms with E-state index in [-0.39, 0.29) is 0 Å². The molecule has 1 N–H and O–H groups in total. The summed E-state index contributed by atoms with van der Waals surface area (Å²) in [5.74, 6) is -1.12. The Hall–Kier alpha value is -0.700. The topological polar surface area (TPSA) is 20.2 Å². The van der Waals surface area contributed by atoms with Crippen LogP contribution < -0.4 is 0 Å². The zero-order chi connectivity index (χ0) is 10.9. The smallest absolute Gasteiger partial charge is 0.130 e. The van der Waals surface area contributed by atoms with Gasteiger partial charge in [-0.15, -0.1) is 0 Å². The van der Waals surface area contributed by atoms with Gasteiger partial charge >= 0.3 is 0 Å². The number of hydrogen-bond acceptors (Lipinski definition) is 1. The van der Waals surface area contributed by atoms with Crippen LogP contribution in [0.15, 0.2) is 23.0 Å². The second-order valence-electron chi connectivity index (χ2n) is 3.98. The second-order valence-corrected chi connectivity index (χ2v) is 3.98. The van der Waals surface area contributed by atoms with Gasteiger partial charge in [0.15, 0.2) is 0 Å². The fourth-order valence-electron chi connectivity index (χ4n) is 1.64. The number of hydrogen-bond donors (Lipinski definition) is 1. The molecule has 3 atom stereocenters. The van der Waals surface area contributed by atoms with Gasteiger partial charge in [0.25, 0.3) is 0 Å². The normalized spacial score (nSPS) is 30.3. The molecule has 1 nitrogen and oxygen atoms in total. The molecule has 1 aliphatic carbocycles. The zero-order valence-electron chi connectivity index (χ0n) is 8.72. The average molecular weight is 202 g/mol. The van der Waals surface area contributed by atoms with E-state index >= 15 is 0 Å². The molecule has 0 fully saturated rings. The third kappa shape index (κ3) is 2.21. The highest BCUT2D eigenvalue weighted by Crippen LogP contribution is 2.33. The zero-order valence-corrected chi connectivity index (χ0v) is 8.72. The first kappa shape index (κ1) is 11.4. The molecule has 0 bridgehead atoms. The summed E-state index contributed by atoms with van der Waals surface area (Å²) >= 11 is 0. The van der Waals surface area contributed by atoms with Crippen LogP contribution in [-0.2, 0) is 0 Å². The van der Waals surface area contributed by atoms with E-state index in [1.165, 1.54) is 13.0 Å². The van der Waals surface area contributed by atoms with Gasteiger partial charge in [0, 0.05) is 5.92 Å². The summed E-state index contributed by atoms with van der Waals surface area (Å²) in [6.07, 6.45) is -0.159. The Morgan fingerprint density at radius 3 is 2.64 bits per heavy atom. The summed E-state index contributed by atoms with van der Waals surface area (Å²) in [6, 6.07) is 0. The van der Waals surface area contributed by atoms with Gasteiger partial charge in [-0.2, -0.15) is 0 Å². The molecule has 1 rings (SSSR count). The van der Waals surface area contributed by atoms with Crippen molar-refractivity contribution in [3.63, 3.8) is 0 Å². The van der Waals surface area contributed by atoms with E-state index in [0.29, 0.717) is 17.6 Å². The van der Waals surface area contributed by atoms with Gasteiger partial charge in [-0.25, -0.2) is 8.78 Å². The van der Waals surface area contributed by atoms with Gasteiger partial charge < -0.3 is 5.11 Å². The van der Waals surface area contributed by atoms with Crippen molar-refractivity contribution in [1.82, 2.24) is 0 Å². The molecule has 0 aliphatic heterocycles. The molecular weight excluding hydrogens is 186 g/mol. The summed E-state index contributed by atoms with van der Waals surface area (Å²) in [4.78, 5) is 0. The van der Waals surface area contributed by atoms with Gasteiger partial charge in [-0.3, -0.25) is 0 Å². The number of allylic oxidation sites excluding steroid dienone is 3. The van der Waals surface area contributed by atoms with Crippen LogP contribution >= 0.6 is 0 Å². The molecule has 0 saturated heterocycles. The molecule has 0 heterocycles. The van der Waals surface area contributed by atoms with E-state index in [1.807, 2.05) is 0 Å². The lowest BCUT2D eigenvalue weighted by molar-refractivity contribution is 0.193. The van der Waals surface area contributed by atoms with Crippen LogP contribution in [0.3, 0.4) is 0 Å². The van der Waals surface area contributed by atoms with Crippen molar-refractivity contribution in [2.45, 2.75) is 39.5 Å². The van der Waals surface area contributed by atoms with E-state index in [9.17, 15) is 8.78 Å². The quantitative estimate of drug-likeness (QED) is 0.730. The Kier molecular flexibility index (Phi) is 3.43.